The lowest BCUT2D eigenvalue weighted by Crippen LogP contribution is -2.44. The van der Waals surface area contributed by atoms with Gasteiger partial charge in [0.2, 0.25) is 0 Å². The van der Waals surface area contributed by atoms with E-state index in [1.54, 1.807) is 7.11 Å². The van der Waals surface area contributed by atoms with Gasteiger partial charge in [-0.3, -0.25) is 0 Å². The summed E-state index contributed by atoms with van der Waals surface area (Å²) in [5.41, 5.74) is 0. The molecule has 5 nitrogen and oxygen atoms in total. The van der Waals surface area contributed by atoms with Crippen molar-refractivity contribution in [2.24, 2.45) is 0 Å². The Hall–Kier alpha value is 0.0169. The number of ether oxygens (including phenoxy) is 4. The minimum Gasteiger partial charge on any atom is -0.393 e. The fourth-order valence-corrected chi connectivity index (χ4v) is 4.49. The maximum absolute atomic E-state index is 6.18. The van der Waals surface area contributed by atoms with E-state index in [2.05, 4.69) is 33.9 Å². The van der Waals surface area contributed by atoms with Crippen LogP contribution in [0.5, 0.6) is 0 Å². The van der Waals surface area contributed by atoms with Crippen molar-refractivity contribution in [1.82, 2.24) is 0 Å². The molecule has 0 saturated carbocycles. The Morgan fingerprint density at radius 3 is 1.58 bits per heavy atom. The maximum atomic E-state index is 6.18. The zero-order valence-electron chi connectivity index (χ0n) is 18.4. The summed E-state index contributed by atoms with van der Waals surface area (Å²) in [6, 6.07) is 0.894. The van der Waals surface area contributed by atoms with Crippen LogP contribution in [-0.4, -0.2) is 47.5 Å². The van der Waals surface area contributed by atoms with Crippen LogP contribution in [0.4, 0.5) is 0 Å². The lowest BCUT2D eigenvalue weighted by atomic mass is 10.3. The second-order valence-corrected chi connectivity index (χ2v) is 11.7. The highest BCUT2D eigenvalue weighted by molar-refractivity contribution is 6.71. The molecule has 6 heteroatoms. The minimum atomic E-state index is -1.90. The third-order valence-electron chi connectivity index (χ3n) is 4.31. The molecular weight excluding hydrogens is 348 g/mol. The third kappa shape index (κ3) is 12.4. The van der Waals surface area contributed by atoms with Gasteiger partial charge in [-0.1, -0.05) is 40.0 Å². The fraction of sp³-hybridized carbons (Fsp3) is 1.00. The molecule has 1 atom stereocenters. The van der Waals surface area contributed by atoms with Crippen LogP contribution in [0.1, 0.15) is 72.6 Å². The van der Waals surface area contributed by atoms with Crippen LogP contribution in [0.15, 0.2) is 0 Å². The van der Waals surface area contributed by atoms with Crippen LogP contribution in [0.3, 0.4) is 0 Å². The van der Waals surface area contributed by atoms with Crippen LogP contribution < -0.4 is 0 Å². The van der Waals surface area contributed by atoms with Crippen molar-refractivity contribution in [3.63, 3.8) is 0 Å². The summed E-state index contributed by atoms with van der Waals surface area (Å²) in [6.07, 6.45) is 6.81. The number of rotatable bonds is 18. The van der Waals surface area contributed by atoms with E-state index in [1.807, 2.05) is 6.92 Å². The first-order valence-electron chi connectivity index (χ1n) is 10.5. The number of methoxy groups -OCH3 is 1. The van der Waals surface area contributed by atoms with Crippen molar-refractivity contribution in [2.45, 2.75) is 104 Å². The van der Waals surface area contributed by atoms with Crippen molar-refractivity contribution in [3.8, 4) is 0 Å². The summed E-state index contributed by atoms with van der Waals surface area (Å²) in [4.78, 5) is 0. The van der Waals surface area contributed by atoms with E-state index in [4.69, 9.17) is 23.4 Å². The summed E-state index contributed by atoms with van der Waals surface area (Å²) in [5, 5.41) is 0. The molecule has 0 rings (SSSR count). The Morgan fingerprint density at radius 2 is 1.23 bits per heavy atom. The van der Waals surface area contributed by atoms with Crippen LogP contribution >= 0.6 is 0 Å². The van der Waals surface area contributed by atoms with Gasteiger partial charge in [-0.15, -0.1) is 0 Å². The quantitative estimate of drug-likeness (QED) is 0.170. The van der Waals surface area contributed by atoms with Crippen molar-refractivity contribution in [1.29, 1.82) is 0 Å². The SMILES string of the molecule is CCCCOC(CC[Si](C)(C)OC(C)OC)(OCCCC)OCCCC. The average molecular weight is 393 g/mol. The average Bonchev–Trinajstić information content (AvgIpc) is 2.60. The van der Waals surface area contributed by atoms with Gasteiger partial charge in [-0.25, -0.2) is 0 Å². The first kappa shape index (κ1) is 26.0. The van der Waals surface area contributed by atoms with E-state index in [0.717, 1.165) is 44.6 Å². The molecule has 26 heavy (non-hydrogen) atoms. The topological polar surface area (TPSA) is 46.2 Å². The van der Waals surface area contributed by atoms with Crippen molar-refractivity contribution >= 4 is 8.32 Å². The van der Waals surface area contributed by atoms with Gasteiger partial charge >= 0.3 is 0 Å². The molecule has 158 valence electrons. The van der Waals surface area contributed by atoms with Gasteiger partial charge in [0.25, 0.3) is 5.97 Å². The first-order valence-corrected chi connectivity index (χ1v) is 13.6. The standard InChI is InChI=1S/C20H44O5Si/c1-8-11-15-22-20(23-16-12-9-2,24-17-13-10-3)14-18-26(6,7)25-19(4)21-5/h19H,8-18H2,1-7H3. The van der Waals surface area contributed by atoms with Gasteiger partial charge < -0.3 is 23.4 Å². The molecule has 0 saturated heterocycles. The molecule has 0 radical (unpaired) electrons. The zero-order chi connectivity index (χ0) is 19.9. The highest BCUT2D eigenvalue weighted by Gasteiger charge is 2.37. The maximum Gasteiger partial charge on any atom is 0.282 e. The summed E-state index contributed by atoms with van der Waals surface area (Å²) in [7, 11) is -0.229. The Morgan fingerprint density at radius 1 is 0.808 bits per heavy atom. The molecule has 0 aromatic rings. The summed E-state index contributed by atoms with van der Waals surface area (Å²) in [6.45, 7) is 14.8. The van der Waals surface area contributed by atoms with Crippen LogP contribution in [0.25, 0.3) is 0 Å². The van der Waals surface area contributed by atoms with Gasteiger partial charge in [0, 0.05) is 13.5 Å². The molecule has 0 bridgehead atoms. The molecule has 0 N–H and O–H groups in total. The smallest absolute Gasteiger partial charge is 0.282 e. The number of hydrogen-bond donors (Lipinski definition) is 0. The number of hydrogen-bond acceptors (Lipinski definition) is 5. The Kier molecular flexibility index (Phi) is 15.0. The fourth-order valence-electron chi connectivity index (χ4n) is 2.47. The predicted molar refractivity (Wildman–Crippen MR) is 110 cm³/mol. The molecule has 0 heterocycles. The van der Waals surface area contributed by atoms with Crippen LogP contribution in [0, 0.1) is 0 Å². The third-order valence-corrected chi connectivity index (χ3v) is 6.73. The van der Waals surface area contributed by atoms with Gasteiger partial charge in [-0.05, 0) is 45.3 Å². The van der Waals surface area contributed by atoms with E-state index >= 15 is 0 Å². The highest BCUT2D eigenvalue weighted by atomic mass is 28.4. The van der Waals surface area contributed by atoms with E-state index < -0.39 is 14.3 Å². The predicted octanol–water partition coefficient (Wildman–Crippen LogP) is 5.69. The summed E-state index contributed by atoms with van der Waals surface area (Å²) in [5.74, 6) is -0.941. The second-order valence-electron chi connectivity index (χ2n) is 7.47. The minimum absolute atomic E-state index is 0.186. The van der Waals surface area contributed by atoms with Crippen molar-refractivity contribution in [2.75, 3.05) is 26.9 Å². The van der Waals surface area contributed by atoms with E-state index in [-0.39, 0.29) is 6.29 Å². The largest absolute Gasteiger partial charge is 0.393 e. The molecule has 0 aliphatic carbocycles. The molecule has 0 fully saturated rings. The lowest BCUT2D eigenvalue weighted by molar-refractivity contribution is -0.382. The normalized spacial score (nSPS) is 14.0. The Labute approximate surface area is 163 Å². The molecular formula is C20H44O5Si. The number of unbranched alkanes of at least 4 members (excludes halogenated alkanes) is 3. The Bertz CT molecular complexity index is 299. The molecule has 0 aliphatic heterocycles. The second kappa shape index (κ2) is 15.0. The molecule has 0 aliphatic rings. The van der Waals surface area contributed by atoms with Gasteiger partial charge in [0.05, 0.1) is 19.8 Å². The monoisotopic (exact) mass is 392 g/mol. The lowest BCUT2D eigenvalue weighted by Gasteiger charge is -2.36. The van der Waals surface area contributed by atoms with E-state index in [0.29, 0.717) is 26.2 Å². The van der Waals surface area contributed by atoms with E-state index in [9.17, 15) is 0 Å². The van der Waals surface area contributed by atoms with Gasteiger partial charge in [0.15, 0.2) is 8.32 Å². The van der Waals surface area contributed by atoms with Gasteiger partial charge in [-0.2, -0.15) is 0 Å². The van der Waals surface area contributed by atoms with Gasteiger partial charge in [0.1, 0.15) is 6.29 Å². The van der Waals surface area contributed by atoms with E-state index in [1.165, 1.54) is 0 Å². The highest BCUT2D eigenvalue weighted by Crippen LogP contribution is 2.29. The Balaban J connectivity index is 5.00. The molecule has 1 unspecified atom stereocenters. The zero-order valence-corrected chi connectivity index (χ0v) is 19.4. The molecule has 0 spiro atoms. The van der Waals surface area contributed by atoms with Crippen LogP contribution in [0.2, 0.25) is 19.1 Å². The summed E-state index contributed by atoms with van der Waals surface area (Å²) < 4.78 is 29.9. The van der Waals surface area contributed by atoms with Crippen LogP contribution in [-0.2, 0) is 23.4 Å². The van der Waals surface area contributed by atoms with Crippen molar-refractivity contribution < 1.29 is 23.4 Å². The first-order chi connectivity index (χ1) is 12.3. The summed E-state index contributed by atoms with van der Waals surface area (Å²) >= 11 is 0. The molecule has 0 aromatic heterocycles. The van der Waals surface area contributed by atoms with Crippen molar-refractivity contribution in [3.05, 3.63) is 0 Å². The molecule has 0 amide bonds. The molecule has 0 aromatic carbocycles.